The molecule has 3 aromatic carbocycles. The molecule has 0 spiro atoms. The molecule has 6 rings (SSSR count). The van der Waals surface area contributed by atoms with Crippen molar-refractivity contribution in [1.29, 1.82) is 0 Å². The van der Waals surface area contributed by atoms with Gasteiger partial charge >= 0.3 is 5.97 Å². The van der Waals surface area contributed by atoms with Crippen molar-refractivity contribution < 1.29 is 19.0 Å². The lowest BCUT2D eigenvalue weighted by Crippen LogP contribution is -2.40. The van der Waals surface area contributed by atoms with Gasteiger partial charge in [0.15, 0.2) is 26.9 Å². The van der Waals surface area contributed by atoms with Crippen molar-refractivity contribution in [3.63, 3.8) is 0 Å². The molecule has 5 unspecified atom stereocenters. The Kier molecular flexibility index (Phi) is 4.32. The molecule has 3 heterocycles. The van der Waals surface area contributed by atoms with Crippen LogP contribution in [-0.2, 0) is 25.2 Å². The van der Waals surface area contributed by atoms with Crippen LogP contribution in [0.4, 0.5) is 0 Å². The number of carbonyl (C=O) groups excluding carboxylic acids is 1. The lowest BCUT2D eigenvalue weighted by molar-refractivity contribution is -0.145. The van der Waals surface area contributed by atoms with Crippen molar-refractivity contribution in [1.82, 2.24) is 0 Å². The minimum atomic E-state index is -0.274. The molecule has 0 radical (unpaired) electrons. The van der Waals surface area contributed by atoms with Crippen molar-refractivity contribution in [2.45, 2.75) is 45.5 Å². The largest absolute Gasteiger partial charge is 0.484 e. The van der Waals surface area contributed by atoms with Gasteiger partial charge in [-0.25, -0.2) is 0 Å². The van der Waals surface area contributed by atoms with E-state index >= 15 is 0 Å². The predicted molar refractivity (Wildman–Crippen MR) is 113 cm³/mol. The standard InChI is InChI=1S/C25H21O4S/c26-25-20-15-21-23(24(29-25)22(20)28-21)27-16-11-13-19(14-12-16)30(17-7-3-1-4-8-17)18-9-5-2-6-10-18/h1-14,20-24H,15H2/q+1. The molecule has 0 aliphatic carbocycles. The summed E-state index contributed by atoms with van der Waals surface area (Å²) in [7, 11) is -0.185. The Morgan fingerprint density at radius 2 is 1.37 bits per heavy atom. The zero-order valence-electron chi connectivity index (χ0n) is 16.2. The summed E-state index contributed by atoms with van der Waals surface area (Å²) < 4.78 is 17.7. The molecule has 2 bridgehead atoms. The van der Waals surface area contributed by atoms with Crippen LogP contribution in [0.25, 0.3) is 0 Å². The molecule has 5 atom stereocenters. The summed E-state index contributed by atoms with van der Waals surface area (Å²) in [5, 5.41) is 0. The van der Waals surface area contributed by atoms with Gasteiger partial charge in [0.05, 0.1) is 22.9 Å². The molecule has 3 aliphatic rings. The molecule has 0 amide bonds. The van der Waals surface area contributed by atoms with Gasteiger partial charge < -0.3 is 14.2 Å². The number of rotatable bonds is 5. The van der Waals surface area contributed by atoms with Crippen LogP contribution >= 0.6 is 0 Å². The predicted octanol–water partition coefficient (Wildman–Crippen LogP) is 4.24. The van der Waals surface area contributed by atoms with Crippen LogP contribution in [-0.4, -0.2) is 30.4 Å². The number of benzene rings is 3. The van der Waals surface area contributed by atoms with Gasteiger partial charge in [-0.3, -0.25) is 4.79 Å². The van der Waals surface area contributed by atoms with E-state index in [9.17, 15) is 4.79 Å². The Balaban J connectivity index is 1.27. The fraction of sp³-hybridized carbons (Fsp3) is 0.240. The highest BCUT2D eigenvalue weighted by Crippen LogP contribution is 2.47. The van der Waals surface area contributed by atoms with Crippen LogP contribution in [0.2, 0.25) is 0 Å². The highest BCUT2D eigenvalue weighted by atomic mass is 32.2. The normalized spacial score (nSPS) is 28.7. The molecular formula is C25H21O4S+. The molecule has 3 fully saturated rings. The summed E-state index contributed by atoms with van der Waals surface area (Å²) >= 11 is 0. The molecule has 3 aromatic rings. The summed E-state index contributed by atoms with van der Waals surface area (Å²) in [6.07, 6.45) is 0.0243. The number of ether oxygens (including phenoxy) is 3. The first-order valence-corrected chi connectivity index (χ1v) is 11.5. The first-order valence-electron chi connectivity index (χ1n) is 10.2. The Hall–Kier alpha value is -2.76. The third-order valence-electron chi connectivity index (χ3n) is 6.07. The van der Waals surface area contributed by atoms with Gasteiger partial charge in [0.25, 0.3) is 0 Å². The van der Waals surface area contributed by atoms with E-state index in [0.29, 0.717) is 6.42 Å². The van der Waals surface area contributed by atoms with Gasteiger partial charge in [0.1, 0.15) is 11.9 Å². The van der Waals surface area contributed by atoms with Crippen LogP contribution in [0.15, 0.2) is 99.6 Å². The third-order valence-corrected chi connectivity index (χ3v) is 8.30. The van der Waals surface area contributed by atoms with Crippen molar-refractivity contribution in [3.8, 4) is 5.75 Å². The summed E-state index contributed by atoms with van der Waals surface area (Å²) in [4.78, 5) is 15.7. The Labute approximate surface area is 178 Å². The summed E-state index contributed by atoms with van der Waals surface area (Å²) in [5.74, 6) is 0.550. The van der Waals surface area contributed by atoms with Crippen molar-refractivity contribution in [2.24, 2.45) is 5.92 Å². The first-order chi connectivity index (χ1) is 14.8. The third kappa shape index (κ3) is 2.92. The first kappa shape index (κ1) is 18.0. The maximum atomic E-state index is 11.9. The number of carbonyl (C=O) groups is 1. The number of hydrogen-bond donors (Lipinski definition) is 0. The van der Waals surface area contributed by atoms with E-state index in [-0.39, 0.29) is 47.2 Å². The molecule has 4 nitrogen and oxygen atoms in total. The van der Waals surface area contributed by atoms with Crippen LogP contribution in [0, 0.1) is 5.92 Å². The van der Waals surface area contributed by atoms with Crippen LogP contribution in [0.1, 0.15) is 6.42 Å². The lowest BCUT2D eigenvalue weighted by Gasteiger charge is -2.23. The topological polar surface area (TPSA) is 44.8 Å². The molecule has 0 N–H and O–H groups in total. The summed E-state index contributed by atoms with van der Waals surface area (Å²) in [6, 6.07) is 29.4. The minimum Gasteiger partial charge on any atom is -0.484 e. The molecule has 3 saturated heterocycles. The minimum absolute atomic E-state index is 0.0561. The second-order valence-electron chi connectivity index (χ2n) is 7.87. The summed E-state index contributed by atoms with van der Waals surface area (Å²) in [6.45, 7) is 0. The fourth-order valence-electron chi connectivity index (χ4n) is 4.71. The van der Waals surface area contributed by atoms with E-state index in [0.717, 1.165) is 5.75 Å². The number of esters is 1. The maximum Gasteiger partial charge on any atom is 0.312 e. The van der Waals surface area contributed by atoms with Gasteiger partial charge in [-0.15, -0.1) is 0 Å². The van der Waals surface area contributed by atoms with Gasteiger partial charge in [-0.1, -0.05) is 36.4 Å². The monoisotopic (exact) mass is 417 g/mol. The summed E-state index contributed by atoms with van der Waals surface area (Å²) in [5.41, 5.74) is 0. The van der Waals surface area contributed by atoms with Crippen LogP contribution < -0.4 is 4.74 Å². The Morgan fingerprint density at radius 1 is 0.767 bits per heavy atom. The maximum absolute atomic E-state index is 11.9. The number of fused-ring (bicyclic) bond motifs is 1. The van der Waals surface area contributed by atoms with E-state index in [1.807, 2.05) is 24.3 Å². The Bertz CT molecular complexity index is 1010. The van der Waals surface area contributed by atoms with Gasteiger partial charge in [-0.2, -0.15) is 0 Å². The van der Waals surface area contributed by atoms with Gasteiger partial charge in [0, 0.05) is 0 Å². The average molecular weight is 418 g/mol. The van der Waals surface area contributed by atoms with Gasteiger partial charge in [0.2, 0.25) is 0 Å². The van der Waals surface area contributed by atoms with Crippen molar-refractivity contribution >= 4 is 16.9 Å². The van der Waals surface area contributed by atoms with Gasteiger partial charge in [-0.05, 0) is 55.0 Å². The zero-order chi connectivity index (χ0) is 20.1. The van der Waals surface area contributed by atoms with E-state index in [1.54, 1.807) is 0 Å². The van der Waals surface area contributed by atoms with E-state index in [1.165, 1.54) is 14.7 Å². The molecule has 0 aromatic heterocycles. The van der Waals surface area contributed by atoms with E-state index in [4.69, 9.17) is 14.2 Å². The second-order valence-corrected chi connectivity index (χ2v) is 9.90. The SMILES string of the molecule is O=C1OC2C(Oc3ccc([S+](c4ccccc4)c4ccccc4)cc3)C3CC1C2O3. The molecule has 3 aliphatic heterocycles. The number of hydrogen-bond acceptors (Lipinski definition) is 4. The quantitative estimate of drug-likeness (QED) is 0.460. The van der Waals surface area contributed by atoms with Crippen molar-refractivity contribution in [2.75, 3.05) is 0 Å². The lowest BCUT2D eigenvalue weighted by atomic mass is 9.88. The molecule has 30 heavy (non-hydrogen) atoms. The average Bonchev–Trinajstić information content (AvgIpc) is 3.42. The highest BCUT2D eigenvalue weighted by molar-refractivity contribution is 7.97. The fourth-order valence-corrected chi connectivity index (χ4v) is 6.80. The molecular weight excluding hydrogens is 396 g/mol. The van der Waals surface area contributed by atoms with Crippen molar-refractivity contribution in [3.05, 3.63) is 84.9 Å². The highest BCUT2D eigenvalue weighted by Gasteiger charge is 2.64. The second kappa shape index (κ2) is 7.18. The van der Waals surface area contributed by atoms with Crippen LogP contribution in [0.3, 0.4) is 0 Å². The molecule has 0 saturated carbocycles. The molecule has 5 heteroatoms. The van der Waals surface area contributed by atoms with Crippen LogP contribution in [0.5, 0.6) is 5.75 Å². The zero-order valence-corrected chi connectivity index (χ0v) is 17.0. The van der Waals surface area contributed by atoms with E-state index < -0.39 is 0 Å². The Morgan fingerprint density at radius 3 is 2.00 bits per heavy atom. The molecule has 150 valence electrons. The smallest absolute Gasteiger partial charge is 0.312 e. The van der Waals surface area contributed by atoms with E-state index in [2.05, 4.69) is 60.7 Å².